The SMILES string of the molecule is CCCN1C(=O)/C(=C2/C(=O)N(CC(=O)Nc3cccc(C(F)(F)F)c3)c3ccccc32)SC1=S. The van der Waals surface area contributed by atoms with Crippen molar-refractivity contribution in [3.8, 4) is 0 Å². The van der Waals surface area contributed by atoms with Crippen LogP contribution >= 0.6 is 24.0 Å². The summed E-state index contributed by atoms with van der Waals surface area (Å²) < 4.78 is 39.2. The van der Waals surface area contributed by atoms with Gasteiger partial charge in [0.25, 0.3) is 11.8 Å². The number of alkyl halides is 3. The second-order valence-electron chi connectivity index (χ2n) is 7.56. The Morgan fingerprint density at radius 1 is 1.06 bits per heavy atom. The Bertz CT molecular complexity index is 1240. The third-order valence-electron chi connectivity index (χ3n) is 5.22. The van der Waals surface area contributed by atoms with Gasteiger partial charge in [-0.15, -0.1) is 0 Å². The summed E-state index contributed by atoms with van der Waals surface area (Å²) in [6.45, 7) is 1.90. The van der Waals surface area contributed by atoms with Gasteiger partial charge in [-0.3, -0.25) is 24.2 Å². The zero-order valence-corrected chi connectivity index (χ0v) is 19.4. The second-order valence-corrected chi connectivity index (χ2v) is 9.21. The average molecular weight is 506 g/mol. The van der Waals surface area contributed by atoms with Crippen LogP contribution in [-0.2, 0) is 20.6 Å². The van der Waals surface area contributed by atoms with Gasteiger partial charge < -0.3 is 5.32 Å². The number of nitrogens with zero attached hydrogens (tertiary/aromatic N) is 2. The molecule has 1 fully saturated rings. The van der Waals surface area contributed by atoms with E-state index < -0.39 is 30.1 Å². The summed E-state index contributed by atoms with van der Waals surface area (Å²) in [7, 11) is 0. The molecule has 6 nitrogen and oxygen atoms in total. The summed E-state index contributed by atoms with van der Waals surface area (Å²) in [5.41, 5.74) is 0.155. The highest BCUT2D eigenvalue weighted by Crippen LogP contribution is 2.44. The van der Waals surface area contributed by atoms with Gasteiger partial charge in [-0.25, -0.2) is 0 Å². The number of nitrogens with one attached hydrogen (secondary N) is 1. The lowest BCUT2D eigenvalue weighted by Crippen LogP contribution is -2.35. The Labute approximate surface area is 202 Å². The summed E-state index contributed by atoms with van der Waals surface area (Å²) in [6, 6.07) is 11.0. The molecule has 0 unspecified atom stereocenters. The lowest BCUT2D eigenvalue weighted by molar-refractivity contribution is -0.137. The Balaban J connectivity index is 1.61. The Hall–Kier alpha value is -3.18. The van der Waals surface area contributed by atoms with E-state index in [1.165, 1.54) is 21.9 Å². The van der Waals surface area contributed by atoms with E-state index in [4.69, 9.17) is 12.2 Å². The van der Waals surface area contributed by atoms with Crippen molar-refractivity contribution in [3.63, 3.8) is 0 Å². The minimum atomic E-state index is -4.55. The molecule has 0 atom stereocenters. The molecule has 0 radical (unpaired) electrons. The molecule has 2 heterocycles. The standard InChI is InChI=1S/C23H18F3N3O3S2/c1-2-10-28-21(32)19(34-22(28)33)18-15-8-3-4-9-16(15)29(20(18)31)12-17(30)27-14-7-5-6-13(11-14)23(24,25)26/h3-9,11H,2,10,12H2,1H3,(H,27,30)/b19-18-. The number of carbonyl (C=O) groups excluding carboxylic acids is 3. The molecule has 2 aromatic rings. The second kappa shape index (κ2) is 9.22. The summed E-state index contributed by atoms with van der Waals surface area (Å²) >= 11 is 6.35. The molecule has 11 heteroatoms. The van der Waals surface area contributed by atoms with Crippen LogP contribution in [0.15, 0.2) is 53.4 Å². The predicted molar refractivity (Wildman–Crippen MR) is 128 cm³/mol. The molecule has 0 aliphatic carbocycles. The van der Waals surface area contributed by atoms with Crippen molar-refractivity contribution in [2.45, 2.75) is 19.5 Å². The molecule has 34 heavy (non-hydrogen) atoms. The van der Waals surface area contributed by atoms with Gasteiger partial charge in [0.2, 0.25) is 5.91 Å². The molecule has 1 saturated heterocycles. The van der Waals surface area contributed by atoms with Gasteiger partial charge in [-0.2, -0.15) is 13.2 Å². The van der Waals surface area contributed by atoms with Gasteiger partial charge in [0, 0.05) is 17.8 Å². The van der Waals surface area contributed by atoms with Crippen LogP contribution in [0.25, 0.3) is 5.57 Å². The fraction of sp³-hybridized carbons (Fsp3) is 0.217. The van der Waals surface area contributed by atoms with Crippen molar-refractivity contribution in [3.05, 3.63) is 64.6 Å². The van der Waals surface area contributed by atoms with Crippen molar-refractivity contribution in [1.82, 2.24) is 4.90 Å². The number of thiocarbonyl (C=S) groups is 1. The van der Waals surface area contributed by atoms with Gasteiger partial charge in [0.1, 0.15) is 10.9 Å². The van der Waals surface area contributed by atoms with Crippen LogP contribution in [-0.4, -0.2) is 40.0 Å². The van der Waals surface area contributed by atoms with Crippen LogP contribution in [0.3, 0.4) is 0 Å². The molecule has 1 N–H and O–H groups in total. The van der Waals surface area contributed by atoms with Crippen LogP contribution in [0.2, 0.25) is 0 Å². The molecule has 2 aliphatic heterocycles. The van der Waals surface area contributed by atoms with Gasteiger partial charge in [-0.1, -0.05) is 55.2 Å². The highest BCUT2D eigenvalue weighted by atomic mass is 32.2. The molecule has 2 aromatic carbocycles. The fourth-order valence-electron chi connectivity index (χ4n) is 3.74. The molecule has 0 aromatic heterocycles. The largest absolute Gasteiger partial charge is 0.416 e. The number of thioether (sulfide) groups is 1. The molecule has 3 amide bonds. The van der Waals surface area contributed by atoms with E-state index in [9.17, 15) is 27.6 Å². The maximum absolute atomic E-state index is 13.4. The number of halogens is 3. The fourth-order valence-corrected chi connectivity index (χ4v) is 5.12. The van der Waals surface area contributed by atoms with E-state index in [0.717, 1.165) is 23.9 Å². The number of benzene rings is 2. The van der Waals surface area contributed by atoms with E-state index in [1.807, 2.05) is 6.92 Å². The predicted octanol–water partition coefficient (Wildman–Crippen LogP) is 4.67. The number of amides is 3. The van der Waals surface area contributed by atoms with Gasteiger partial charge in [0.05, 0.1) is 21.7 Å². The van der Waals surface area contributed by atoms with E-state index >= 15 is 0 Å². The summed E-state index contributed by atoms with van der Waals surface area (Å²) in [5.74, 6) is -1.58. The first-order chi connectivity index (χ1) is 16.1. The number of hydrogen-bond acceptors (Lipinski definition) is 5. The minimum absolute atomic E-state index is 0.0413. The lowest BCUT2D eigenvalue weighted by atomic mass is 10.1. The van der Waals surface area contributed by atoms with Crippen molar-refractivity contribution in [1.29, 1.82) is 0 Å². The van der Waals surface area contributed by atoms with Crippen LogP contribution in [0.4, 0.5) is 24.5 Å². The molecular formula is C23H18F3N3O3S2. The van der Waals surface area contributed by atoms with Gasteiger partial charge in [-0.05, 0) is 30.7 Å². The smallest absolute Gasteiger partial charge is 0.325 e. The van der Waals surface area contributed by atoms with E-state index in [0.29, 0.717) is 28.5 Å². The number of fused-ring (bicyclic) bond motifs is 1. The highest BCUT2D eigenvalue weighted by Gasteiger charge is 2.42. The van der Waals surface area contributed by atoms with Crippen LogP contribution in [0, 0.1) is 0 Å². The van der Waals surface area contributed by atoms with Crippen LogP contribution in [0.1, 0.15) is 24.5 Å². The number of carbonyl (C=O) groups is 3. The molecule has 4 rings (SSSR count). The number of para-hydroxylation sites is 1. The van der Waals surface area contributed by atoms with Crippen molar-refractivity contribution in [2.75, 3.05) is 23.3 Å². The highest BCUT2D eigenvalue weighted by molar-refractivity contribution is 8.26. The first-order valence-electron chi connectivity index (χ1n) is 10.3. The Morgan fingerprint density at radius 2 is 1.79 bits per heavy atom. The first kappa shape index (κ1) is 24.0. The number of hydrogen-bond donors (Lipinski definition) is 1. The molecular weight excluding hydrogens is 487 g/mol. The van der Waals surface area contributed by atoms with Crippen molar-refractivity contribution < 1.29 is 27.6 Å². The van der Waals surface area contributed by atoms with Crippen molar-refractivity contribution >= 4 is 63.0 Å². The monoisotopic (exact) mass is 505 g/mol. The zero-order chi connectivity index (χ0) is 24.6. The normalized spacial score (nSPS) is 18.1. The Kier molecular flexibility index (Phi) is 6.50. The minimum Gasteiger partial charge on any atom is -0.325 e. The number of anilines is 2. The van der Waals surface area contributed by atoms with Gasteiger partial charge >= 0.3 is 6.18 Å². The summed E-state index contributed by atoms with van der Waals surface area (Å²) in [5, 5.41) is 2.41. The zero-order valence-electron chi connectivity index (χ0n) is 17.8. The van der Waals surface area contributed by atoms with E-state index in [1.54, 1.807) is 24.3 Å². The summed E-state index contributed by atoms with van der Waals surface area (Å²) in [4.78, 5) is 41.8. The van der Waals surface area contributed by atoms with Crippen LogP contribution in [0.5, 0.6) is 0 Å². The lowest BCUT2D eigenvalue weighted by Gasteiger charge is -2.17. The summed E-state index contributed by atoms with van der Waals surface area (Å²) in [6.07, 6.45) is -3.86. The molecule has 0 saturated carbocycles. The average Bonchev–Trinajstić information content (AvgIpc) is 3.21. The topological polar surface area (TPSA) is 69.7 Å². The molecule has 0 bridgehead atoms. The van der Waals surface area contributed by atoms with E-state index in [-0.39, 0.29) is 22.1 Å². The van der Waals surface area contributed by atoms with Crippen molar-refractivity contribution in [2.24, 2.45) is 0 Å². The third kappa shape index (κ3) is 4.45. The maximum Gasteiger partial charge on any atom is 0.416 e. The quantitative estimate of drug-likeness (QED) is 0.473. The molecule has 176 valence electrons. The third-order valence-corrected chi connectivity index (χ3v) is 6.67. The maximum atomic E-state index is 13.4. The molecule has 0 spiro atoms. The van der Waals surface area contributed by atoms with E-state index in [2.05, 4.69) is 5.32 Å². The number of rotatable bonds is 5. The first-order valence-corrected chi connectivity index (χ1v) is 11.5. The molecule has 2 aliphatic rings. The van der Waals surface area contributed by atoms with Gasteiger partial charge in [0.15, 0.2) is 0 Å². The Morgan fingerprint density at radius 3 is 2.50 bits per heavy atom. The van der Waals surface area contributed by atoms with Crippen LogP contribution < -0.4 is 10.2 Å².